The van der Waals surface area contributed by atoms with Crippen molar-refractivity contribution in [3.8, 4) is 5.75 Å². The molecule has 1 aliphatic rings. The quantitative estimate of drug-likeness (QED) is 0.892. The molecule has 0 unspecified atom stereocenters. The van der Waals surface area contributed by atoms with Crippen LogP contribution in [0, 0.1) is 6.92 Å². The molecule has 2 rings (SSSR count). The van der Waals surface area contributed by atoms with Gasteiger partial charge in [-0.3, -0.25) is 0 Å². The van der Waals surface area contributed by atoms with Gasteiger partial charge in [-0.25, -0.2) is 0 Å². The third kappa shape index (κ3) is 2.51. The van der Waals surface area contributed by atoms with E-state index in [1.54, 1.807) is 7.11 Å². The highest BCUT2D eigenvalue weighted by atomic mass is 16.5. The minimum Gasteiger partial charge on any atom is -0.496 e. The summed E-state index contributed by atoms with van der Waals surface area (Å²) in [5.74, 6) is 1.52. The molecule has 2 heteroatoms. The molecule has 19 heavy (non-hydrogen) atoms. The molecule has 1 aromatic rings. The van der Waals surface area contributed by atoms with E-state index in [1.807, 2.05) is 0 Å². The van der Waals surface area contributed by atoms with E-state index in [9.17, 15) is 0 Å². The van der Waals surface area contributed by atoms with Gasteiger partial charge in [-0.05, 0) is 42.4 Å². The maximum atomic E-state index is 6.12. The van der Waals surface area contributed by atoms with Crippen molar-refractivity contribution in [1.82, 2.24) is 0 Å². The maximum Gasteiger partial charge on any atom is 0.125 e. The molecule has 0 spiro atoms. The molecule has 0 bridgehead atoms. The molecule has 1 fully saturated rings. The summed E-state index contributed by atoms with van der Waals surface area (Å²) in [5.41, 5.74) is 10.3. The molecule has 106 valence electrons. The second-order valence-electron chi connectivity index (χ2n) is 6.26. The zero-order valence-corrected chi connectivity index (χ0v) is 12.8. The molecule has 0 aliphatic heterocycles. The molecule has 0 amide bonds. The van der Waals surface area contributed by atoms with Crippen LogP contribution in [0.4, 0.5) is 0 Å². The van der Waals surface area contributed by atoms with Gasteiger partial charge in [-0.15, -0.1) is 0 Å². The summed E-state index contributed by atoms with van der Waals surface area (Å²) in [6.07, 6.45) is 5.07. The average molecular weight is 261 g/mol. The van der Waals surface area contributed by atoms with E-state index in [-0.39, 0.29) is 5.41 Å². The number of aryl methyl sites for hydroxylation is 1. The molecule has 1 aromatic carbocycles. The molecule has 1 aliphatic carbocycles. The van der Waals surface area contributed by atoms with Crippen molar-refractivity contribution in [1.29, 1.82) is 0 Å². The first-order chi connectivity index (χ1) is 9.04. The van der Waals surface area contributed by atoms with E-state index >= 15 is 0 Å². The van der Waals surface area contributed by atoms with Gasteiger partial charge in [0.25, 0.3) is 0 Å². The SMILES string of the molecule is COc1c(C)cc(C2(CN)CCCC2)cc1C(C)C. The largest absolute Gasteiger partial charge is 0.496 e. The van der Waals surface area contributed by atoms with E-state index in [4.69, 9.17) is 10.5 Å². The van der Waals surface area contributed by atoms with E-state index < -0.39 is 0 Å². The Hall–Kier alpha value is -1.02. The van der Waals surface area contributed by atoms with Crippen LogP contribution in [0.15, 0.2) is 12.1 Å². The Labute approximate surface area is 117 Å². The molecule has 0 saturated heterocycles. The van der Waals surface area contributed by atoms with Crippen molar-refractivity contribution < 1.29 is 4.74 Å². The van der Waals surface area contributed by atoms with Crippen molar-refractivity contribution in [3.63, 3.8) is 0 Å². The summed E-state index contributed by atoms with van der Waals surface area (Å²) >= 11 is 0. The summed E-state index contributed by atoms with van der Waals surface area (Å²) in [7, 11) is 1.77. The molecular formula is C17H27NO. The van der Waals surface area contributed by atoms with Crippen LogP contribution >= 0.6 is 0 Å². The number of hydrogen-bond acceptors (Lipinski definition) is 2. The number of benzene rings is 1. The highest BCUT2D eigenvalue weighted by Crippen LogP contribution is 2.43. The first-order valence-electron chi connectivity index (χ1n) is 7.43. The lowest BCUT2D eigenvalue weighted by Crippen LogP contribution is -2.32. The minimum atomic E-state index is 0.209. The van der Waals surface area contributed by atoms with Gasteiger partial charge in [-0.2, -0.15) is 0 Å². The number of nitrogens with two attached hydrogens (primary N) is 1. The van der Waals surface area contributed by atoms with Gasteiger partial charge in [0, 0.05) is 12.0 Å². The predicted molar refractivity (Wildman–Crippen MR) is 81.0 cm³/mol. The van der Waals surface area contributed by atoms with Crippen LogP contribution < -0.4 is 10.5 Å². The van der Waals surface area contributed by atoms with Crippen LogP contribution in [-0.2, 0) is 5.41 Å². The first kappa shape index (κ1) is 14.4. The van der Waals surface area contributed by atoms with E-state index in [0.717, 1.165) is 12.3 Å². The zero-order chi connectivity index (χ0) is 14.0. The molecule has 2 N–H and O–H groups in total. The van der Waals surface area contributed by atoms with Gasteiger partial charge in [0.15, 0.2) is 0 Å². The third-order valence-corrected chi connectivity index (χ3v) is 4.69. The molecule has 0 aromatic heterocycles. The monoisotopic (exact) mass is 261 g/mol. The molecular weight excluding hydrogens is 234 g/mol. The van der Waals surface area contributed by atoms with Gasteiger partial charge >= 0.3 is 0 Å². The fourth-order valence-corrected chi connectivity index (χ4v) is 3.48. The summed E-state index contributed by atoms with van der Waals surface area (Å²) in [6.45, 7) is 7.36. The number of hydrogen-bond donors (Lipinski definition) is 1. The van der Waals surface area contributed by atoms with Crippen LogP contribution in [0.5, 0.6) is 5.75 Å². The molecule has 0 atom stereocenters. The Bertz CT molecular complexity index is 445. The second-order valence-corrected chi connectivity index (χ2v) is 6.26. The lowest BCUT2D eigenvalue weighted by atomic mass is 9.77. The van der Waals surface area contributed by atoms with Crippen molar-refractivity contribution in [3.05, 3.63) is 28.8 Å². The Balaban J connectivity index is 2.53. The van der Waals surface area contributed by atoms with Gasteiger partial charge in [0.1, 0.15) is 5.75 Å². The average Bonchev–Trinajstić information content (AvgIpc) is 2.87. The van der Waals surface area contributed by atoms with Crippen molar-refractivity contribution in [2.24, 2.45) is 5.73 Å². The number of methoxy groups -OCH3 is 1. The van der Waals surface area contributed by atoms with Crippen LogP contribution in [0.25, 0.3) is 0 Å². The lowest BCUT2D eigenvalue weighted by Gasteiger charge is -2.30. The van der Waals surface area contributed by atoms with Gasteiger partial charge in [-0.1, -0.05) is 38.8 Å². The highest BCUT2D eigenvalue weighted by molar-refractivity contribution is 5.48. The van der Waals surface area contributed by atoms with Crippen molar-refractivity contribution in [2.45, 2.75) is 57.8 Å². The normalized spacial score (nSPS) is 18.0. The number of rotatable bonds is 4. The Kier molecular flexibility index (Phi) is 4.19. The van der Waals surface area contributed by atoms with Gasteiger partial charge < -0.3 is 10.5 Å². The van der Waals surface area contributed by atoms with Gasteiger partial charge in [0.05, 0.1) is 7.11 Å². The molecule has 1 saturated carbocycles. The predicted octanol–water partition coefficient (Wildman–Crippen LogP) is 3.90. The minimum absolute atomic E-state index is 0.209. The Morgan fingerprint density at radius 1 is 1.26 bits per heavy atom. The third-order valence-electron chi connectivity index (χ3n) is 4.69. The summed E-state index contributed by atoms with van der Waals surface area (Å²) in [5, 5.41) is 0. The maximum absolute atomic E-state index is 6.12. The summed E-state index contributed by atoms with van der Waals surface area (Å²) in [4.78, 5) is 0. The Morgan fingerprint density at radius 3 is 2.37 bits per heavy atom. The fourth-order valence-electron chi connectivity index (χ4n) is 3.48. The second kappa shape index (κ2) is 5.54. The highest BCUT2D eigenvalue weighted by Gasteiger charge is 2.35. The van der Waals surface area contributed by atoms with Crippen LogP contribution in [0.3, 0.4) is 0 Å². The van der Waals surface area contributed by atoms with Crippen molar-refractivity contribution >= 4 is 0 Å². The van der Waals surface area contributed by atoms with Crippen LogP contribution in [0.1, 0.15) is 62.1 Å². The van der Waals surface area contributed by atoms with E-state index in [0.29, 0.717) is 5.92 Å². The summed E-state index contributed by atoms with van der Waals surface area (Å²) in [6, 6.07) is 4.64. The first-order valence-corrected chi connectivity index (χ1v) is 7.43. The lowest BCUT2D eigenvalue weighted by molar-refractivity contribution is 0.401. The van der Waals surface area contributed by atoms with E-state index in [1.165, 1.54) is 42.4 Å². The fraction of sp³-hybridized carbons (Fsp3) is 0.647. The van der Waals surface area contributed by atoms with Crippen LogP contribution in [0.2, 0.25) is 0 Å². The smallest absolute Gasteiger partial charge is 0.125 e. The van der Waals surface area contributed by atoms with Gasteiger partial charge in [0.2, 0.25) is 0 Å². The Morgan fingerprint density at radius 2 is 1.89 bits per heavy atom. The van der Waals surface area contributed by atoms with Crippen LogP contribution in [-0.4, -0.2) is 13.7 Å². The topological polar surface area (TPSA) is 35.2 Å². The zero-order valence-electron chi connectivity index (χ0n) is 12.8. The standard InChI is InChI=1S/C17H27NO/c1-12(2)15-10-14(9-13(3)16(15)19-4)17(11-18)7-5-6-8-17/h9-10,12H,5-8,11,18H2,1-4H3. The summed E-state index contributed by atoms with van der Waals surface area (Å²) < 4.78 is 5.59. The molecule has 0 heterocycles. The van der Waals surface area contributed by atoms with E-state index in [2.05, 4.69) is 32.9 Å². The molecule has 0 radical (unpaired) electrons. The number of ether oxygens (including phenoxy) is 1. The van der Waals surface area contributed by atoms with Crippen molar-refractivity contribution in [2.75, 3.05) is 13.7 Å². The molecule has 2 nitrogen and oxygen atoms in total.